The molecule has 0 aliphatic carbocycles. The number of hydrogen-bond donors (Lipinski definition) is 1. The van der Waals surface area contributed by atoms with Gasteiger partial charge in [-0.25, -0.2) is 4.39 Å². The van der Waals surface area contributed by atoms with Gasteiger partial charge in [0.05, 0.1) is 17.1 Å². The molecule has 0 radical (unpaired) electrons. The zero-order valence-electron chi connectivity index (χ0n) is 17.9. The summed E-state index contributed by atoms with van der Waals surface area (Å²) in [6.07, 6.45) is -8.15. The van der Waals surface area contributed by atoms with Crippen molar-refractivity contribution in [2.24, 2.45) is 0 Å². The molecule has 1 unspecified atom stereocenters. The molecule has 1 heterocycles. The second-order valence-electron chi connectivity index (χ2n) is 7.64. The molecule has 3 aromatic rings. The van der Waals surface area contributed by atoms with Gasteiger partial charge in [0.15, 0.2) is 0 Å². The summed E-state index contributed by atoms with van der Waals surface area (Å²) in [4.78, 5) is 23.6. The van der Waals surface area contributed by atoms with Gasteiger partial charge in [0.1, 0.15) is 18.2 Å². The zero-order valence-corrected chi connectivity index (χ0v) is 19.4. The summed E-state index contributed by atoms with van der Waals surface area (Å²) >= 11 is 11.4. The van der Waals surface area contributed by atoms with E-state index in [0.29, 0.717) is 10.9 Å². The van der Waals surface area contributed by atoms with Gasteiger partial charge in [-0.3, -0.25) is 14.2 Å². The first-order valence-corrected chi connectivity index (χ1v) is 10.8. The van der Waals surface area contributed by atoms with Crippen LogP contribution in [0.3, 0.4) is 0 Å². The minimum Gasteiger partial charge on any atom is -0.347 e. The van der Waals surface area contributed by atoms with Crippen molar-refractivity contribution >= 4 is 52.0 Å². The average molecular weight is 555 g/mol. The van der Waals surface area contributed by atoms with Gasteiger partial charge in [0.25, 0.3) is 0 Å². The molecule has 1 atom stereocenters. The molecule has 1 N–H and O–H groups in total. The third-order valence-corrected chi connectivity index (χ3v) is 5.46. The first-order valence-electron chi connectivity index (χ1n) is 10.0. The Morgan fingerprint density at radius 1 is 1.03 bits per heavy atom. The molecular formula is C23H15Cl2F7N2O2. The van der Waals surface area contributed by atoms with E-state index in [1.54, 1.807) is 0 Å². The fourth-order valence-corrected chi connectivity index (χ4v) is 3.89. The van der Waals surface area contributed by atoms with Gasteiger partial charge < -0.3 is 5.32 Å². The van der Waals surface area contributed by atoms with Crippen LogP contribution in [0.2, 0.25) is 10.0 Å². The number of amides is 1. The van der Waals surface area contributed by atoms with Gasteiger partial charge in [-0.05, 0) is 35.9 Å². The minimum atomic E-state index is -4.86. The number of carbonyl (C=O) groups is 2. The monoisotopic (exact) mass is 554 g/mol. The normalized spacial score (nSPS) is 13.4. The molecular weight excluding hydrogens is 540 g/mol. The van der Waals surface area contributed by atoms with Crippen molar-refractivity contribution in [1.82, 2.24) is 9.88 Å². The highest BCUT2D eigenvalue weighted by atomic mass is 35.5. The summed E-state index contributed by atoms with van der Waals surface area (Å²) in [5.74, 6) is -5.69. The highest BCUT2D eigenvalue weighted by Crippen LogP contribution is 2.40. The van der Waals surface area contributed by atoms with Crippen molar-refractivity contribution < 1.29 is 40.3 Å². The number of alkyl halides is 6. The lowest BCUT2D eigenvalue weighted by atomic mass is 9.96. The highest BCUT2D eigenvalue weighted by molar-refractivity contribution is 6.34. The Balaban J connectivity index is 1.82. The van der Waals surface area contributed by atoms with E-state index in [1.807, 2.05) is 5.32 Å². The maximum absolute atomic E-state index is 14.3. The van der Waals surface area contributed by atoms with E-state index in [9.17, 15) is 40.3 Å². The van der Waals surface area contributed by atoms with Crippen molar-refractivity contribution in [2.75, 3.05) is 6.54 Å². The summed E-state index contributed by atoms with van der Waals surface area (Å²) in [7, 11) is 0. The number of aromatic nitrogens is 1. The number of carbonyl (C=O) groups excluding carboxylic acids is 2. The molecule has 1 aromatic heterocycles. The first-order chi connectivity index (χ1) is 16.7. The quantitative estimate of drug-likeness (QED) is 0.260. The predicted octanol–water partition coefficient (Wildman–Crippen LogP) is 7.16. The van der Waals surface area contributed by atoms with Crippen LogP contribution in [0.4, 0.5) is 30.7 Å². The number of nitrogens with one attached hydrogen (secondary N) is 1. The Kier molecular flexibility index (Phi) is 8.04. The minimum absolute atomic E-state index is 0.166. The predicted molar refractivity (Wildman–Crippen MR) is 120 cm³/mol. The Morgan fingerprint density at radius 3 is 2.36 bits per heavy atom. The Morgan fingerprint density at radius 2 is 1.72 bits per heavy atom. The Hall–Kier alpha value is -3.05. The van der Waals surface area contributed by atoms with Gasteiger partial charge >= 0.3 is 12.4 Å². The lowest BCUT2D eigenvalue weighted by Gasteiger charge is -2.19. The van der Waals surface area contributed by atoms with E-state index < -0.39 is 59.5 Å². The van der Waals surface area contributed by atoms with Gasteiger partial charge in [-0.15, -0.1) is 0 Å². The van der Waals surface area contributed by atoms with Crippen LogP contribution in [-0.2, 0) is 4.79 Å². The molecule has 0 fully saturated rings. The molecule has 3 rings (SSSR count). The van der Waals surface area contributed by atoms with Crippen LogP contribution in [0.25, 0.3) is 17.0 Å². The molecule has 2 aromatic carbocycles. The van der Waals surface area contributed by atoms with Crippen LogP contribution < -0.4 is 5.32 Å². The Labute approximate surface area is 209 Å². The average Bonchev–Trinajstić information content (AvgIpc) is 3.16. The van der Waals surface area contributed by atoms with Crippen molar-refractivity contribution in [2.45, 2.75) is 24.7 Å². The topological polar surface area (TPSA) is 51.1 Å². The number of rotatable bonds is 6. The second-order valence-corrected chi connectivity index (χ2v) is 8.48. The smallest absolute Gasteiger partial charge is 0.347 e. The van der Waals surface area contributed by atoms with Crippen LogP contribution >= 0.6 is 23.2 Å². The van der Waals surface area contributed by atoms with Crippen LogP contribution in [-0.4, -0.2) is 35.3 Å². The summed E-state index contributed by atoms with van der Waals surface area (Å²) in [6, 6.07) is 7.53. The third-order valence-electron chi connectivity index (χ3n) is 4.97. The van der Waals surface area contributed by atoms with Gasteiger partial charge in [-0.1, -0.05) is 41.4 Å². The number of halogens is 9. The molecule has 4 nitrogen and oxygen atoms in total. The number of benzene rings is 2. The number of fused-ring (bicyclic) bond motifs is 1. The molecule has 0 saturated carbocycles. The van der Waals surface area contributed by atoms with Crippen LogP contribution in [0.15, 0.2) is 48.7 Å². The molecule has 1 amide bonds. The van der Waals surface area contributed by atoms with Gasteiger partial charge in [-0.2, -0.15) is 26.3 Å². The van der Waals surface area contributed by atoms with E-state index in [1.165, 1.54) is 30.5 Å². The summed E-state index contributed by atoms with van der Waals surface area (Å²) in [6.45, 7) is -0.693. The van der Waals surface area contributed by atoms with Gasteiger partial charge in [0.2, 0.25) is 11.8 Å². The fraction of sp³-hybridized carbons (Fsp3) is 0.217. The maximum Gasteiger partial charge on any atom is 0.399 e. The van der Waals surface area contributed by atoms with Crippen molar-refractivity contribution in [1.29, 1.82) is 0 Å². The highest BCUT2D eigenvalue weighted by Gasteiger charge is 2.41. The molecule has 0 bridgehead atoms. The molecule has 0 aliphatic rings. The SMILES string of the molecule is O=C(CC(F)(F)F)NCC(=O)n1ccc2cc(/C=C/C(c3cc(Cl)cc(Cl)c3F)C(F)(F)F)ccc21. The van der Waals surface area contributed by atoms with Crippen molar-refractivity contribution in [3.05, 3.63) is 75.7 Å². The van der Waals surface area contributed by atoms with E-state index in [-0.39, 0.29) is 10.6 Å². The molecule has 192 valence electrons. The fourth-order valence-electron chi connectivity index (χ4n) is 3.38. The number of hydrogen-bond acceptors (Lipinski definition) is 2. The largest absolute Gasteiger partial charge is 0.399 e. The van der Waals surface area contributed by atoms with Crippen molar-refractivity contribution in [3.63, 3.8) is 0 Å². The summed E-state index contributed by atoms with van der Waals surface area (Å²) in [5.41, 5.74) is -0.155. The Bertz CT molecular complexity index is 1330. The van der Waals surface area contributed by atoms with Gasteiger partial charge in [0, 0.05) is 22.2 Å². The van der Waals surface area contributed by atoms with Crippen molar-refractivity contribution in [3.8, 4) is 0 Å². The van der Waals surface area contributed by atoms with E-state index in [0.717, 1.165) is 28.9 Å². The third kappa shape index (κ3) is 6.79. The molecule has 13 heteroatoms. The van der Waals surface area contributed by atoms with Crippen LogP contribution in [0.1, 0.15) is 28.3 Å². The lowest BCUT2D eigenvalue weighted by Crippen LogP contribution is -2.34. The van der Waals surface area contributed by atoms with E-state index >= 15 is 0 Å². The molecule has 0 spiro atoms. The molecule has 36 heavy (non-hydrogen) atoms. The lowest BCUT2D eigenvalue weighted by molar-refractivity contribution is -0.153. The zero-order chi connectivity index (χ0) is 26.8. The summed E-state index contributed by atoms with van der Waals surface area (Å²) in [5, 5.41) is 1.59. The van der Waals surface area contributed by atoms with E-state index in [4.69, 9.17) is 23.2 Å². The molecule has 0 aliphatic heterocycles. The first kappa shape index (κ1) is 27.5. The molecule has 0 saturated heterocycles. The number of nitrogens with zero attached hydrogens (tertiary/aromatic N) is 1. The standard InChI is InChI=1S/C23H15Cl2F7N2O2/c24-14-8-15(21(26)17(25)9-14)16(23(30,31)32)3-1-12-2-4-18-13(7-12)5-6-34(18)20(36)11-33-19(35)10-22(27,28)29/h1-9,16H,10-11H2,(H,33,35)/b3-1+. The maximum atomic E-state index is 14.3. The van der Waals surface area contributed by atoms with Crippen LogP contribution in [0.5, 0.6) is 0 Å². The number of allylic oxidation sites excluding steroid dienone is 1. The van der Waals surface area contributed by atoms with E-state index in [2.05, 4.69) is 0 Å². The second kappa shape index (κ2) is 10.5. The summed E-state index contributed by atoms with van der Waals surface area (Å²) < 4.78 is 93.1. The van der Waals surface area contributed by atoms with Crippen LogP contribution in [0, 0.1) is 5.82 Å².